The fourth-order valence-corrected chi connectivity index (χ4v) is 2.04. The van der Waals surface area contributed by atoms with Crippen LogP contribution in [0.15, 0.2) is 22.6 Å². The van der Waals surface area contributed by atoms with Gasteiger partial charge < -0.3 is 9.52 Å². The number of benzene rings is 1. The van der Waals surface area contributed by atoms with Crippen molar-refractivity contribution < 1.29 is 14.3 Å². The molecule has 0 aliphatic heterocycles. The summed E-state index contributed by atoms with van der Waals surface area (Å²) in [5, 5.41) is 9.87. The summed E-state index contributed by atoms with van der Waals surface area (Å²) in [5.74, 6) is 0.667. The molecule has 1 saturated carbocycles. The van der Waals surface area contributed by atoms with E-state index in [2.05, 4.69) is 0 Å². The fourth-order valence-electron chi connectivity index (χ4n) is 2.04. The van der Waals surface area contributed by atoms with Crippen molar-refractivity contribution in [2.24, 2.45) is 0 Å². The van der Waals surface area contributed by atoms with Gasteiger partial charge in [0.05, 0.1) is 5.56 Å². The van der Waals surface area contributed by atoms with E-state index in [9.17, 15) is 4.79 Å². The van der Waals surface area contributed by atoms with Gasteiger partial charge in [0.2, 0.25) is 0 Å². The van der Waals surface area contributed by atoms with Crippen molar-refractivity contribution in [2.75, 3.05) is 0 Å². The van der Waals surface area contributed by atoms with Gasteiger partial charge >= 0.3 is 5.97 Å². The Morgan fingerprint density at radius 2 is 2.12 bits per heavy atom. The molecular formula is C13H12O3. The van der Waals surface area contributed by atoms with Crippen LogP contribution in [-0.4, -0.2) is 11.1 Å². The van der Waals surface area contributed by atoms with Crippen LogP contribution in [0.3, 0.4) is 0 Å². The maximum Gasteiger partial charge on any atom is 0.335 e. The number of aryl methyl sites for hydroxylation is 1. The van der Waals surface area contributed by atoms with Crippen LogP contribution in [0, 0.1) is 6.92 Å². The van der Waals surface area contributed by atoms with E-state index in [1.54, 1.807) is 12.1 Å². The van der Waals surface area contributed by atoms with Crippen molar-refractivity contribution in [3.63, 3.8) is 0 Å². The van der Waals surface area contributed by atoms with E-state index in [1.807, 2.05) is 13.0 Å². The molecule has 82 valence electrons. The number of fused-ring (bicyclic) bond motifs is 1. The number of carboxylic acid groups (broad SMARTS) is 1. The first-order chi connectivity index (χ1) is 7.65. The zero-order valence-electron chi connectivity index (χ0n) is 8.99. The summed E-state index contributed by atoms with van der Waals surface area (Å²) >= 11 is 0. The molecule has 0 saturated heterocycles. The standard InChI is InChI=1S/C13H12O3/c1-7-4-10(13(14)15)5-9-6-11(8-2-3-8)16-12(7)9/h4-6,8H,2-3H2,1H3,(H,14,15). The number of furan rings is 1. The summed E-state index contributed by atoms with van der Waals surface area (Å²) in [6, 6.07) is 5.32. The average Bonchev–Trinajstić information content (AvgIpc) is 2.98. The second-order valence-corrected chi connectivity index (χ2v) is 4.44. The van der Waals surface area contributed by atoms with Gasteiger partial charge in [-0.15, -0.1) is 0 Å². The first kappa shape index (κ1) is 9.46. The Kier molecular flexibility index (Phi) is 1.84. The summed E-state index contributed by atoms with van der Waals surface area (Å²) < 4.78 is 5.76. The molecule has 1 aliphatic rings. The minimum absolute atomic E-state index is 0.327. The Bertz CT molecular complexity index is 576. The van der Waals surface area contributed by atoms with Crippen LogP contribution in [0.5, 0.6) is 0 Å². The van der Waals surface area contributed by atoms with Gasteiger partial charge in [-0.05, 0) is 43.5 Å². The van der Waals surface area contributed by atoms with Crippen LogP contribution in [0.25, 0.3) is 11.0 Å². The van der Waals surface area contributed by atoms with Crippen molar-refractivity contribution in [3.8, 4) is 0 Å². The Hall–Kier alpha value is -1.77. The third kappa shape index (κ3) is 1.40. The molecule has 1 N–H and O–H groups in total. The van der Waals surface area contributed by atoms with Gasteiger partial charge in [0.15, 0.2) is 0 Å². The lowest BCUT2D eigenvalue weighted by atomic mass is 10.1. The molecule has 1 aromatic heterocycles. The number of hydrogen-bond donors (Lipinski definition) is 1. The number of hydrogen-bond acceptors (Lipinski definition) is 2. The molecule has 1 aromatic carbocycles. The minimum Gasteiger partial charge on any atom is -0.478 e. The summed E-state index contributed by atoms with van der Waals surface area (Å²) in [6.07, 6.45) is 2.37. The van der Waals surface area contributed by atoms with Crippen molar-refractivity contribution in [2.45, 2.75) is 25.7 Å². The van der Waals surface area contributed by atoms with E-state index >= 15 is 0 Å². The third-order valence-electron chi connectivity index (χ3n) is 3.05. The monoisotopic (exact) mass is 216 g/mol. The Balaban J connectivity index is 2.21. The molecule has 1 fully saturated rings. The molecule has 0 bridgehead atoms. The lowest BCUT2D eigenvalue weighted by Crippen LogP contribution is -1.96. The Labute approximate surface area is 92.7 Å². The second-order valence-electron chi connectivity index (χ2n) is 4.44. The molecule has 3 rings (SSSR count). The third-order valence-corrected chi connectivity index (χ3v) is 3.05. The topological polar surface area (TPSA) is 50.4 Å². The van der Waals surface area contributed by atoms with Gasteiger partial charge in [0.1, 0.15) is 11.3 Å². The number of carboxylic acids is 1. The molecule has 0 unspecified atom stereocenters. The van der Waals surface area contributed by atoms with Gasteiger partial charge in [-0.2, -0.15) is 0 Å². The lowest BCUT2D eigenvalue weighted by Gasteiger charge is -1.97. The van der Waals surface area contributed by atoms with E-state index in [4.69, 9.17) is 9.52 Å². The van der Waals surface area contributed by atoms with E-state index < -0.39 is 5.97 Å². The van der Waals surface area contributed by atoms with Gasteiger partial charge in [0.25, 0.3) is 0 Å². The van der Waals surface area contributed by atoms with Gasteiger partial charge in [-0.25, -0.2) is 4.79 Å². The molecule has 2 aromatic rings. The first-order valence-electron chi connectivity index (χ1n) is 5.42. The van der Waals surface area contributed by atoms with Gasteiger partial charge in [-0.3, -0.25) is 0 Å². The molecule has 1 heterocycles. The molecule has 3 heteroatoms. The van der Waals surface area contributed by atoms with Crippen LogP contribution >= 0.6 is 0 Å². The highest BCUT2D eigenvalue weighted by Crippen LogP contribution is 2.42. The molecular weight excluding hydrogens is 204 g/mol. The quantitative estimate of drug-likeness (QED) is 0.837. The highest BCUT2D eigenvalue weighted by molar-refractivity contribution is 5.94. The highest BCUT2D eigenvalue weighted by atomic mass is 16.4. The van der Waals surface area contributed by atoms with Crippen molar-refractivity contribution >= 4 is 16.9 Å². The summed E-state index contributed by atoms with van der Waals surface area (Å²) in [6.45, 7) is 1.88. The molecule has 0 spiro atoms. The molecule has 1 aliphatic carbocycles. The second kappa shape index (κ2) is 3.11. The lowest BCUT2D eigenvalue weighted by molar-refractivity contribution is 0.0697. The molecule has 16 heavy (non-hydrogen) atoms. The van der Waals surface area contributed by atoms with Crippen molar-refractivity contribution in [1.29, 1.82) is 0 Å². The Morgan fingerprint density at radius 3 is 2.75 bits per heavy atom. The van der Waals surface area contributed by atoms with E-state index in [0.29, 0.717) is 11.5 Å². The van der Waals surface area contributed by atoms with Crippen molar-refractivity contribution in [3.05, 3.63) is 35.1 Å². The maximum absolute atomic E-state index is 10.9. The smallest absolute Gasteiger partial charge is 0.335 e. The number of rotatable bonds is 2. The fraction of sp³-hybridized carbons (Fsp3) is 0.308. The van der Waals surface area contributed by atoms with Crippen LogP contribution in [0.4, 0.5) is 0 Å². The normalized spacial score (nSPS) is 15.6. The van der Waals surface area contributed by atoms with E-state index in [-0.39, 0.29) is 0 Å². The van der Waals surface area contributed by atoms with Crippen LogP contribution in [0.1, 0.15) is 40.4 Å². The van der Waals surface area contributed by atoms with E-state index in [0.717, 1.165) is 22.3 Å². The van der Waals surface area contributed by atoms with Crippen LogP contribution in [0.2, 0.25) is 0 Å². The van der Waals surface area contributed by atoms with E-state index in [1.165, 1.54) is 12.8 Å². The minimum atomic E-state index is -0.890. The molecule has 3 nitrogen and oxygen atoms in total. The SMILES string of the molecule is Cc1cc(C(=O)O)cc2cc(C3CC3)oc12. The molecule has 0 atom stereocenters. The molecule has 0 radical (unpaired) electrons. The van der Waals surface area contributed by atoms with Crippen LogP contribution in [-0.2, 0) is 0 Å². The maximum atomic E-state index is 10.9. The summed E-state index contributed by atoms with van der Waals surface area (Å²) in [4.78, 5) is 10.9. The predicted octanol–water partition coefficient (Wildman–Crippen LogP) is 3.32. The zero-order valence-corrected chi connectivity index (χ0v) is 8.99. The molecule has 0 amide bonds. The Morgan fingerprint density at radius 1 is 1.38 bits per heavy atom. The van der Waals surface area contributed by atoms with Crippen molar-refractivity contribution in [1.82, 2.24) is 0 Å². The average molecular weight is 216 g/mol. The first-order valence-corrected chi connectivity index (χ1v) is 5.42. The summed E-state index contributed by atoms with van der Waals surface area (Å²) in [7, 11) is 0. The number of aromatic carboxylic acids is 1. The zero-order chi connectivity index (χ0) is 11.3. The van der Waals surface area contributed by atoms with Gasteiger partial charge in [0, 0.05) is 11.3 Å². The highest BCUT2D eigenvalue weighted by Gasteiger charge is 2.27. The van der Waals surface area contributed by atoms with Crippen LogP contribution < -0.4 is 0 Å². The van der Waals surface area contributed by atoms with Gasteiger partial charge in [-0.1, -0.05) is 0 Å². The number of carbonyl (C=O) groups is 1. The predicted molar refractivity (Wildman–Crippen MR) is 59.9 cm³/mol. The largest absolute Gasteiger partial charge is 0.478 e. The summed E-state index contributed by atoms with van der Waals surface area (Å²) in [5.41, 5.74) is 2.04.